The second-order valence-electron chi connectivity index (χ2n) is 13.8. The summed E-state index contributed by atoms with van der Waals surface area (Å²) in [6.45, 7) is 3.46. The Balaban J connectivity index is 0.997. The molecule has 4 aromatic rings. The average molecular weight is 859 g/mol. The molecule has 2 aromatic carbocycles. The fourth-order valence-corrected chi connectivity index (χ4v) is 7.14. The van der Waals surface area contributed by atoms with Crippen molar-refractivity contribution in [1.82, 2.24) is 30.2 Å². The molecule has 23 heteroatoms. The van der Waals surface area contributed by atoms with E-state index in [1.54, 1.807) is 4.57 Å². The third-order valence-electron chi connectivity index (χ3n) is 9.67. The first-order valence-corrected chi connectivity index (χ1v) is 19.6. The summed E-state index contributed by atoms with van der Waals surface area (Å²) in [6, 6.07) is 15.5. The van der Waals surface area contributed by atoms with Gasteiger partial charge in [-0.2, -0.15) is 5.21 Å². The van der Waals surface area contributed by atoms with Gasteiger partial charge in [0.05, 0.1) is 13.2 Å². The van der Waals surface area contributed by atoms with Crippen LogP contribution in [0.3, 0.4) is 0 Å². The van der Waals surface area contributed by atoms with Crippen molar-refractivity contribution in [3.8, 4) is 22.5 Å². The number of tetrazole rings is 1. The predicted molar refractivity (Wildman–Crippen MR) is 204 cm³/mol. The second-order valence-corrected chi connectivity index (χ2v) is 14.2. The number of nitrogens with one attached hydrogen (secondary N) is 1. The zero-order valence-corrected chi connectivity index (χ0v) is 33.3. The van der Waals surface area contributed by atoms with Crippen LogP contribution in [0.25, 0.3) is 22.5 Å². The molecule has 0 amide bonds. The first kappa shape index (κ1) is 43.6. The normalized spacial score (nSPS) is 19.2. The Labute approximate surface area is 346 Å². The van der Waals surface area contributed by atoms with Gasteiger partial charge in [0.25, 0.3) is 10.2 Å². The zero-order chi connectivity index (χ0) is 42.6. The molecule has 60 heavy (non-hydrogen) atoms. The van der Waals surface area contributed by atoms with Crippen molar-refractivity contribution < 1.29 is 57.9 Å². The van der Waals surface area contributed by atoms with E-state index in [9.17, 15) is 29.8 Å². The molecule has 2 fully saturated rings. The molecule has 2 aliphatic rings. The maximum atomic E-state index is 13.6. The molecular formula is C37H43ClN8O14. The summed E-state index contributed by atoms with van der Waals surface area (Å²) >= 11 is 6.55. The Morgan fingerprint density at radius 2 is 1.72 bits per heavy atom. The lowest BCUT2D eigenvalue weighted by Crippen LogP contribution is -2.36. The van der Waals surface area contributed by atoms with Crippen molar-refractivity contribution in [2.24, 2.45) is 0 Å². The average Bonchev–Trinajstić information content (AvgIpc) is 4.03. The number of aromatic nitrogens is 6. The quantitative estimate of drug-likeness (QED) is 0.0360. The lowest BCUT2D eigenvalue weighted by molar-refractivity contribution is -0.790. The number of hydrogen-bond donors (Lipinski definition) is 1. The van der Waals surface area contributed by atoms with E-state index in [0.29, 0.717) is 30.9 Å². The Hall–Kier alpha value is -5.97. The SMILES string of the molecule is CCCCc1nc(Cl)c(C(=O)OC(C)OC(=O)O[C@H]2COC3C2OC[C@H]3OCCCCC(CO[N+](=O)[O-])O[N+](=O)[O-])n1Cc1ccc(-c2ccccc2-c2nn[nH]n2)cc1. The molecule has 0 saturated carbocycles. The van der Waals surface area contributed by atoms with E-state index in [4.69, 9.17) is 40.0 Å². The number of H-pyrrole nitrogens is 1. The topological polar surface area (TPSA) is 267 Å². The maximum absolute atomic E-state index is 13.6. The Morgan fingerprint density at radius 1 is 0.983 bits per heavy atom. The van der Waals surface area contributed by atoms with Crippen LogP contribution in [0, 0.1) is 20.2 Å². The highest BCUT2D eigenvalue weighted by Crippen LogP contribution is 2.32. The van der Waals surface area contributed by atoms with E-state index in [1.165, 1.54) is 6.92 Å². The van der Waals surface area contributed by atoms with E-state index < -0.39 is 65.7 Å². The van der Waals surface area contributed by atoms with Crippen LogP contribution in [-0.2, 0) is 51.1 Å². The van der Waals surface area contributed by atoms with Crippen LogP contribution >= 0.6 is 11.6 Å². The van der Waals surface area contributed by atoms with E-state index in [-0.39, 0.29) is 43.6 Å². The number of esters is 1. The van der Waals surface area contributed by atoms with E-state index >= 15 is 0 Å². The predicted octanol–water partition coefficient (Wildman–Crippen LogP) is 4.94. The minimum Gasteiger partial charge on any atom is -0.426 e. The largest absolute Gasteiger partial charge is 0.511 e. The standard InChI is InChI=1S/C37H43ClN8O14/c1-3-4-12-30-39-34(38)31(44(30)18-23-13-15-24(16-14-23)26-10-5-6-11-27(26)35-40-42-43-41-35)36(47)57-22(2)58-37(48)59-29-21-55-32-28(20-54-33(29)32)53-17-8-7-9-25(60-46(51)52)19-56-45(49)50/h5-6,10-11,13-16,22,25,28-29,32-33H,3-4,7-9,12,17-21H2,1-2H3,(H,40,41,42,43)/t22?,25?,28-,29+,32?,33?/m1/s1. The summed E-state index contributed by atoms with van der Waals surface area (Å²) in [6.07, 6.45) is -2.90. The Kier molecular flexibility index (Phi) is 15.1. The molecule has 6 rings (SSSR count). The van der Waals surface area contributed by atoms with Gasteiger partial charge in [0.1, 0.15) is 36.8 Å². The molecule has 1 N–H and O–H groups in total. The number of aromatic amines is 1. The number of fused-ring (bicyclic) bond motifs is 1. The van der Waals surface area contributed by atoms with Gasteiger partial charge in [0.15, 0.2) is 17.0 Å². The molecule has 0 aliphatic carbocycles. The second kappa shape index (κ2) is 20.8. The lowest BCUT2D eigenvalue weighted by Gasteiger charge is -2.19. The van der Waals surface area contributed by atoms with Crippen LogP contribution in [-0.4, -0.2) is 116 Å². The molecule has 322 valence electrons. The summed E-state index contributed by atoms with van der Waals surface area (Å²) in [5, 5.41) is 33.4. The number of hydrogen-bond acceptors (Lipinski definition) is 18. The summed E-state index contributed by atoms with van der Waals surface area (Å²) < 4.78 is 35.5. The number of ether oxygens (including phenoxy) is 6. The van der Waals surface area contributed by atoms with Gasteiger partial charge in [-0.1, -0.05) is 73.5 Å². The van der Waals surface area contributed by atoms with Crippen LogP contribution in [0.5, 0.6) is 0 Å². The molecule has 2 aromatic heterocycles. The molecule has 0 bridgehead atoms. The Morgan fingerprint density at radius 3 is 2.42 bits per heavy atom. The molecule has 2 saturated heterocycles. The molecule has 6 atom stereocenters. The summed E-state index contributed by atoms with van der Waals surface area (Å²) in [4.78, 5) is 60.6. The van der Waals surface area contributed by atoms with Crippen LogP contribution in [0.2, 0.25) is 5.15 Å². The number of carbonyl (C=O) groups is 2. The molecule has 0 radical (unpaired) electrons. The number of unbranched alkanes of at least 4 members (excludes halogenated alkanes) is 2. The number of halogens is 1. The molecular weight excluding hydrogens is 816 g/mol. The highest BCUT2D eigenvalue weighted by atomic mass is 35.5. The van der Waals surface area contributed by atoms with Gasteiger partial charge >= 0.3 is 12.1 Å². The van der Waals surface area contributed by atoms with E-state index in [1.807, 2.05) is 55.5 Å². The third-order valence-corrected chi connectivity index (χ3v) is 9.93. The van der Waals surface area contributed by atoms with Crippen molar-refractivity contribution in [3.05, 3.63) is 91.0 Å². The number of aryl methyl sites for hydroxylation is 1. The summed E-state index contributed by atoms with van der Waals surface area (Å²) in [7, 11) is 0. The van der Waals surface area contributed by atoms with Gasteiger partial charge in [0, 0.05) is 32.1 Å². The monoisotopic (exact) mass is 858 g/mol. The van der Waals surface area contributed by atoms with E-state index in [2.05, 4.69) is 35.3 Å². The van der Waals surface area contributed by atoms with Crippen molar-refractivity contribution in [2.45, 2.75) is 95.7 Å². The van der Waals surface area contributed by atoms with Crippen LogP contribution in [0.15, 0.2) is 48.5 Å². The first-order chi connectivity index (χ1) is 29.0. The molecule has 4 unspecified atom stereocenters. The van der Waals surface area contributed by atoms with Crippen molar-refractivity contribution in [3.63, 3.8) is 0 Å². The maximum Gasteiger partial charge on any atom is 0.511 e. The lowest BCUT2D eigenvalue weighted by atomic mass is 9.98. The van der Waals surface area contributed by atoms with Crippen LogP contribution in [0.4, 0.5) is 4.79 Å². The fourth-order valence-electron chi connectivity index (χ4n) is 6.87. The van der Waals surface area contributed by atoms with Crippen molar-refractivity contribution in [1.29, 1.82) is 0 Å². The van der Waals surface area contributed by atoms with Crippen molar-refractivity contribution in [2.75, 3.05) is 26.4 Å². The molecule has 0 spiro atoms. The van der Waals surface area contributed by atoms with Crippen LogP contribution in [0.1, 0.15) is 67.8 Å². The minimum atomic E-state index is -1.37. The third kappa shape index (κ3) is 11.4. The number of nitrogens with zero attached hydrogens (tertiary/aromatic N) is 7. The molecule has 2 aliphatic heterocycles. The molecule has 4 heterocycles. The summed E-state index contributed by atoms with van der Waals surface area (Å²) in [5.74, 6) is 0.215. The highest BCUT2D eigenvalue weighted by molar-refractivity contribution is 6.32. The highest BCUT2D eigenvalue weighted by Gasteiger charge is 2.50. The number of carbonyl (C=O) groups excluding carboxylic acids is 2. The fraction of sp³-hybridized carbons (Fsp3) is 0.514. The molecule has 22 nitrogen and oxygen atoms in total. The summed E-state index contributed by atoms with van der Waals surface area (Å²) in [5.41, 5.74) is 3.52. The number of rotatable bonds is 22. The van der Waals surface area contributed by atoms with Crippen molar-refractivity contribution >= 4 is 23.7 Å². The zero-order valence-electron chi connectivity index (χ0n) is 32.6. The minimum absolute atomic E-state index is 0.00353. The smallest absolute Gasteiger partial charge is 0.426 e. The van der Waals surface area contributed by atoms with Gasteiger partial charge in [-0.25, -0.2) is 14.6 Å². The van der Waals surface area contributed by atoms with Gasteiger partial charge in [-0.05, 0) is 47.6 Å². The number of imidazole rings is 1. The van der Waals surface area contributed by atoms with E-state index in [0.717, 1.165) is 35.1 Å². The van der Waals surface area contributed by atoms with Gasteiger partial charge in [-0.3, -0.25) is 0 Å². The first-order valence-electron chi connectivity index (χ1n) is 19.2. The van der Waals surface area contributed by atoms with Gasteiger partial charge in [-0.15, -0.1) is 30.4 Å². The van der Waals surface area contributed by atoms with Gasteiger partial charge in [0.2, 0.25) is 12.1 Å². The van der Waals surface area contributed by atoms with Gasteiger partial charge < -0.3 is 42.7 Å². The number of benzene rings is 2. The Bertz CT molecular complexity index is 2070. The van der Waals surface area contributed by atoms with Crippen LogP contribution < -0.4 is 0 Å².